The molecule has 0 aliphatic carbocycles. The van der Waals surface area contributed by atoms with E-state index in [0.717, 1.165) is 18.1 Å². The van der Waals surface area contributed by atoms with Crippen LogP contribution >= 0.6 is 24.2 Å². The number of hydrogen-bond donors (Lipinski definition) is 2. The van der Waals surface area contributed by atoms with Crippen LogP contribution in [0.5, 0.6) is 0 Å². The van der Waals surface area contributed by atoms with Gasteiger partial charge in [-0.25, -0.2) is 0 Å². The maximum absolute atomic E-state index is 12.0. The molecular formula is C16H25ClN2OS. The first kappa shape index (κ1) is 18.3. The summed E-state index contributed by atoms with van der Waals surface area (Å²) in [6, 6.07) is 10.7. The number of nitrogens with one attached hydrogen (secondary N) is 2. The van der Waals surface area contributed by atoms with E-state index >= 15 is 0 Å². The van der Waals surface area contributed by atoms with Crippen molar-refractivity contribution in [3.8, 4) is 0 Å². The van der Waals surface area contributed by atoms with Crippen LogP contribution in [-0.4, -0.2) is 36.5 Å². The van der Waals surface area contributed by atoms with Gasteiger partial charge in [0.1, 0.15) is 0 Å². The van der Waals surface area contributed by atoms with Crippen LogP contribution in [0.3, 0.4) is 0 Å². The summed E-state index contributed by atoms with van der Waals surface area (Å²) in [5.41, 5.74) is 1.22. The number of carbonyl (C=O) groups is 1. The molecule has 1 aliphatic heterocycles. The van der Waals surface area contributed by atoms with Gasteiger partial charge < -0.3 is 10.6 Å². The lowest BCUT2D eigenvalue weighted by Gasteiger charge is -2.27. The molecule has 2 rings (SSSR count). The molecule has 1 aromatic rings. The third-order valence-electron chi connectivity index (χ3n) is 3.71. The number of benzene rings is 1. The molecule has 0 aromatic heterocycles. The van der Waals surface area contributed by atoms with Gasteiger partial charge in [0.2, 0.25) is 5.91 Å². The molecule has 0 spiro atoms. The fourth-order valence-corrected chi connectivity index (χ4v) is 3.31. The quantitative estimate of drug-likeness (QED) is 0.873. The van der Waals surface area contributed by atoms with Crippen LogP contribution in [0.4, 0.5) is 0 Å². The maximum Gasteiger partial charge on any atom is 0.221 e. The Hall–Kier alpha value is -0.710. The van der Waals surface area contributed by atoms with Crippen LogP contribution in [0.15, 0.2) is 30.3 Å². The molecule has 21 heavy (non-hydrogen) atoms. The third-order valence-corrected chi connectivity index (χ3v) is 4.84. The Morgan fingerprint density at radius 1 is 1.38 bits per heavy atom. The molecule has 2 N–H and O–H groups in total. The van der Waals surface area contributed by atoms with Gasteiger partial charge in [0.15, 0.2) is 0 Å². The topological polar surface area (TPSA) is 41.1 Å². The lowest BCUT2D eigenvalue weighted by Crippen LogP contribution is -2.43. The standard InChI is InChI=1S/C16H24N2OS.ClH/c1-16(2,13-6-4-3-5-7-13)12-18-15(19)10-14-11-20-9-8-17-14;/h3-7,14,17H,8-12H2,1-2H3,(H,18,19);1H. The van der Waals surface area contributed by atoms with Gasteiger partial charge in [0.05, 0.1) is 0 Å². The Labute approximate surface area is 138 Å². The van der Waals surface area contributed by atoms with E-state index in [0.29, 0.717) is 19.0 Å². The molecule has 1 saturated heterocycles. The first-order valence-corrected chi connectivity index (χ1v) is 8.37. The van der Waals surface area contributed by atoms with Crippen LogP contribution in [-0.2, 0) is 10.2 Å². The summed E-state index contributed by atoms with van der Waals surface area (Å²) >= 11 is 1.92. The Balaban J connectivity index is 0.00000220. The molecule has 1 fully saturated rings. The highest BCUT2D eigenvalue weighted by Gasteiger charge is 2.22. The van der Waals surface area contributed by atoms with Gasteiger partial charge in [0, 0.05) is 42.5 Å². The van der Waals surface area contributed by atoms with E-state index in [1.54, 1.807) is 0 Å². The lowest BCUT2D eigenvalue weighted by molar-refractivity contribution is -0.121. The summed E-state index contributed by atoms with van der Waals surface area (Å²) in [5.74, 6) is 2.34. The van der Waals surface area contributed by atoms with E-state index in [2.05, 4.69) is 36.6 Å². The summed E-state index contributed by atoms with van der Waals surface area (Å²) in [4.78, 5) is 12.0. The monoisotopic (exact) mass is 328 g/mol. The number of rotatable bonds is 5. The fraction of sp³-hybridized carbons (Fsp3) is 0.562. The molecule has 0 saturated carbocycles. The van der Waals surface area contributed by atoms with Crippen molar-refractivity contribution in [2.45, 2.75) is 31.7 Å². The van der Waals surface area contributed by atoms with Crippen molar-refractivity contribution < 1.29 is 4.79 Å². The minimum atomic E-state index is -0.0360. The number of carbonyl (C=O) groups excluding carboxylic acids is 1. The first-order chi connectivity index (χ1) is 9.58. The molecule has 1 aromatic carbocycles. The zero-order valence-corrected chi connectivity index (χ0v) is 14.4. The smallest absolute Gasteiger partial charge is 0.221 e. The van der Waals surface area contributed by atoms with Crippen molar-refractivity contribution in [2.24, 2.45) is 0 Å². The van der Waals surface area contributed by atoms with E-state index in [1.165, 1.54) is 5.56 Å². The highest BCUT2D eigenvalue weighted by Crippen LogP contribution is 2.21. The van der Waals surface area contributed by atoms with Crippen LogP contribution < -0.4 is 10.6 Å². The third kappa shape index (κ3) is 5.89. The zero-order valence-electron chi connectivity index (χ0n) is 12.7. The number of thioether (sulfide) groups is 1. The van der Waals surface area contributed by atoms with Crippen molar-refractivity contribution >= 4 is 30.1 Å². The van der Waals surface area contributed by atoms with Gasteiger partial charge in [-0.05, 0) is 5.56 Å². The van der Waals surface area contributed by atoms with Gasteiger partial charge in [-0.1, -0.05) is 44.2 Å². The van der Waals surface area contributed by atoms with Gasteiger partial charge in [-0.15, -0.1) is 12.4 Å². The summed E-state index contributed by atoms with van der Waals surface area (Å²) in [5, 5.41) is 6.48. The second-order valence-electron chi connectivity index (χ2n) is 5.96. The van der Waals surface area contributed by atoms with Crippen molar-refractivity contribution in [1.29, 1.82) is 0 Å². The SMILES string of the molecule is CC(C)(CNC(=O)CC1CSCCN1)c1ccccc1.Cl. The summed E-state index contributed by atoms with van der Waals surface area (Å²) < 4.78 is 0. The van der Waals surface area contributed by atoms with Crippen molar-refractivity contribution in [2.75, 3.05) is 24.6 Å². The van der Waals surface area contributed by atoms with E-state index in [9.17, 15) is 4.79 Å². The zero-order chi connectivity index (χ0) is 14.4. The van der Waals surface area contributed by atoms with E-state index in [1.807, 2.05) is 30.0 Å². The number of halogens is 1. The minimum Gasteiger partial charge on any atom is -0.355 e. The molecule has 1 heterocycles. The normalized spacial score (nSPS) is 18.7. The molecule has 118 valence electrons. The van der Waals surface area contributed by atoms with Crippen molar-refractivity contribution in [1.82, 2.24) is 10.6 Å². The first-order valence-electron chi connectivity index (χ1n) is 7.21. The molecular weight excluding hydrogens is 304 g/mol. The highest BCUT2D eigenvalue weighted by atomic mass is 35.5. The average molecular weight is 329 g/mol. The predicted octanol–water partition coefficient (Wildman–Crippen LogP) is 2.60. The van der Waals surface area contributed by atoms with Crippen LogP contribution in [0.2, 0.25) is 0 Å². The van der Waals surface area contributed by atoms with Crippen molar-refractivity contribution in [3.63, 3.8) is 0 Å². The Morgan fingerprint density at radius 2 is 2.10 bits per heavy atom. The van der Waals surface area contributed by atoms with E-state index < -0.39 is 0 Å². The Bertz CT molecular complexity index is 433. The van der Waals surface area contributed by atoms with Gasteiger partial charge in [-0.3, -0.25) is 4.79 Å². The maximum atomic E-state index is 12.0. The summed E-state index contributed by atoms with van der Waals surface area (Å²) in [6.45, 7) is 6.02. The van der Waals surface area contributed by atoms with Gasteiger partial charge >= 0.3 is 0 Å². The lowest BCUT2D eigenvalue weighted by atomic mass is 9.84. The molecule has 1 unspecified atom stereocenters. The molecule has 0 bridgehead atoms. The minimum absolute atomic E-state index is 0. The molecule has 5 heteroatoms. The Kier molecular flexibility index (Phi) is 7.57. The predicted molar refractivity (Wildman–Crippen MR) is 93.5 cm³/mol. The van der Waals surface area contributed by atoms with Crippen molar-refractivity contribution in [3.05, 3.63) is 35.9 Å². The highest BCUT2D eigenvalue weighted by molar-refractivity contribution is 7.99. The molecule has 1 amide bonds. The van der Waals surface area contributed by atoms with E-state index in [4.69, 9.17) is 0 Å². The number of amides is 1. The van der Waals surface area contributed by atoms with Gasteiger partial charge in [0.25, 0.3) is 0 Å². The van der Waals surface area contributed by atoms with Crippen LogP contribution in [0.25, 0.3) is 0 Å². The van der Waals surface area contributed by atoms with Crippen LogP contribution in [0.1, 0.15) is 25.8 Å². The molecule has 1 atom stereocenters. The summed E-state index contributed by atoms with van der Waals surface area (Å²) in [7, 11) is 0. The second kappa shape index (κ2) is 8.66. The molecule has 1 aliphatic rings. The van der Waals surface area contributed by atoms with Crippen LogP contribution in [0, 0.1) is 0 Å². The summed E-state index contributed by atoms with van der Waals surface area (Å²) in [6.07, 6.45) is 0.581. The Morgan fingerprint density at radius 3 is 2.71 bits per heavy atom. The largest absolute Gasteiger partial charge is 0.355 e. The fourth-order valence-electron chi connectivity index (χ4n) is 2.36. The molecule has 3 nitrogen and oxygen atoms in total. The number of hydrogen-bond acceptors (Lipinski definition) is 3. The average Bonchev–Trinajstić information content (AvgIpc) is 2.47. The second-order valence-corrected chi connectivity index (χ2v) is 7.11. The van der Waals surface area contributed by atoms with Gasteiger partial charge in [-0.2, -0.15) is 11.8 Å². The van der Waals surface area contributed by atoms with E-state index in [-0.39, 0.29) is 23.7 Å². The molecule has 0 radical (unpaired) electrons.